The Morgan fingerprint density at radius 1 is 1.38 bits per heavy atom. The van der Waals surface area contributed by atoms with Crippen LogP contribution in [0.5, 0.6) is 0 Å². The molecule has 0 unspecified atom stereocenters. The molecule has 0 atom stereocenters. The fourth-order valence-electron chi connectivity index (χ4n) is 2.04. The van der Waals surface area contributed by atoms with E-state index in [1.807, 2.05) is 0 Å². The van der Waals surface area contributed by atoms with Crippen molar-refractivity contribution in [1.82, 2.24) is 0 Å². The van der Waals surface area contributed by atoms with E-state index in [4.69, 9.17) is 4.74 Å². The Balaban J connectivity index is 2.41. The van der Waals surface area contributed by atoms with Crippen LogP contribution in [0.1, 0.15) is 38.5 Å². The Labute approximate surface area is 80.0 Å². The van der Waals surface area contributed by atoms with Crippen molar-refractivity contribution in [2.75, 3.05) is 6.61 Å². The molecule has 2 nitrogen and oxygen atoms in total. The summed E-state index contributed by atoms with van der Waals surface area (Å²) in [6.07, 6.45) is 8.94. The normalized spacial score (nSPS) is 20.0. The molecule has 0 aromatic heterocycles. The zero-order valence-electron chi connectivity index (χ0n) is 8.13. The molecule has 0 bridgehead atoms. The molecule has 0 saturated heterocycles. The summed E-state index contributed by atoms with van der Waals surface area (Å²) in [5, 5.41) is 0. The first-order valence-corrected chi connectivity index (χ1v) is 5.01. The van der Waals surface area contributed by atoms with Gasteiger partial charge in [-0.1, -0.05) is 18.9 Å². The van der Waals surface area contributed by atoms with Crippen molar-refractivity contribution in [3.8, 4) is 0 Å². The van der Waals surface area contributed by atoms with Crippen molar-refractivity contribution in [3.05, 3.63) is 12.7 Å². The van der Waals surface area contributed by atoms with E-state index >= 15 is 0 Å². The zero-order chi connectivity index (χ0) is 9.57. The van der Waals surface area contributed by atoms with Gasteiger partial charge in [-0.25, -0.2) is 0 Å². The molecule has 0 aliphatic heterocycles. The Morgan fingerprint density at radius 2 is 2.08 bits per heavy atom. The lowest BCUT2D eigenvalue weighted by molar-refractivity contribution is -0.109. The maximum absolute atomic E-state index is 10.3. The van der Waals surface area contributed by atoms with Gasteiger partial charge in [-0.15, -0.1) is 6.58 Å². The summed E-state index contributed by atoms with van der Waals surface area (Å²) < 4.78 is 5.76. The van der Waals surface area contributed by atoms with Crippen LogP contribution in [0.3, 0.4) is 0 Å². The van der Waals surface area contributed by atoms with Crippen LogP contribution in [0.15, 0.2) is 12.7 Å². The van der Waals surface area contributed by atoms with Gasteiger partial charge >= 0.3 is 0 Å². The van der Waals surface area contributed by atoms with Crippen molar-refractivity contribution < 1.29 is 9.53 Å². The predicted octanol–water partition coefficient (Wildman–Crippen LogP) is 2.48. The number of ether oxygens (including phenoxy) is 1. The molecule has 0 N–H and O–H groups in total. The van der Waals surface area contributed by atoms with Gasteiger partial charge in [0.25, 0.3) is 0 Å². The first kappa shape index (κ1) is 10.5. The molecule has 1 saturated carbocycles. The number of carbonyl (C=O) groups is 1. The number of hydrogen-bond acceptors (Lipinski definition) is 2. The van der Waals surface area contributed by atoms with Crippen molar-refractivity contribution in [3.63, 3.8) is 0 Å². The molecular weight excluding hydrogens is 164 g/mol. The fourth-order valence-corrected chi connectivity index (χ4v) is 2.04. The molecule has 1 aliphatic rings. The number of hydrogen-bond donors (Lipinski definition) is 0. The maximum Gasteiger partial charge on any atom is 0.120 e. The lowest BCUT2D eigenvalue weighted by Gasteiger charge is -2.28. The average molecular weight is 182 g/mol. The molecule has 74 valence electrons. The molecule has 1 fully saturated rings. The predicted molar refractivity (Wildman–Crippen MR) is 52.6 cm³/mol. The highest BCUT2D eigenvalue weighted by molar-refractivity contribution is 5.49. The van der Waals surface area contributed by atoms with Crippen LogP contribution >= 0.6 is 0 Å². The van der Waals surface area contributed by atoms with Gasteiger partial charge < -0.3 is 9.53 Å². The van der Waals surface area contributed by atoms with Gasteiger partial charge in [0.15, 0.2) is 0 Å². The van der Waals surface area contributed by atoms with Crippen LogP contribution < -0.4 is 0 Å². The van der Waals surface area contributed by atoms with Crippen molar-refractivity contribution in [2.45, 2.75) is 44.1 Å². The van der Waals surface area contributed by atoms with E-state index in [9.17, 15) is 4.79 Å². The highest BCUT2D eigenvalue weighted by Crippen LogP contribution is 2.36. The molecule has 0 amide bonds. The summed E-state index contributed by atoms with van der Waals surface area (Å²) in [6, 6.07) is 0. The largest absolute Gasteiger partial charge is 0.371 e. The summed E-state index contributed by atoms with van der Waals surface area (Å²) >= 11 is 0. The second kappa shape index (κ2) is 5.18. The van der Waals surface area contributed by atoms with E-state index in [1.165, 1.54) is 12.8 Å². The minimum absolute atomic E-state index is 0.00486. The Kier molecular flexibility index (Phi) is 4.16. The van der Waals surface area contributed by atoms with Gasteiger partial charge in [-0.3, -0.25) is 0 Å². The van der Waals surface area contributed by atoms with Crippen LogP contribution in [-0.2, 0) is 9.53 Å². The molecule has 0 radical (unpaired) electrons. The molecule has 0 spiro atoms. The quantitative estimate of drug-likeness (QED) is 0.466. The van der Waals surface area contributed by atoms with Crippen LogP contribution in [0.2, 0.25) is 0 Å². The number of aldehydes is 1. The second-order valence-electron chi connectivity index (χ2n) is 3.70. The van der Waals surface area contributed by atoms with Gasteiger partial charge in [0.2, 0.25) is 0 Å². The molecule has 13 heavy (non-hydrogen) atoms. The number of carbonyl (C=O) groups excluding carboxylic acids is 1. The monoisotopic (exact) mass is 182 g/mol. The molecule has 2 heteroatoms. The van der Waals surface area contributed by atoms with Gasteiger partial charge in [0.1, 0.15) is 6.29 Å². The molecule has 0 heterocycles. The third kappa shape index (κ3) is 2.96. The smallest absolute Gasteiger partial charge is 0.120 e. The minimum Gasteiger partial charge on any atom is -0.371 e. The van der Waals surface area contributed by atoms with Gasteiger partial charge in [-0.2, -0.15) is 0 Å². The molecule has 1 rings (SSSR count). The van der Waals surface area contributed by atoms with Crippen molar-refractivity contribution >= 4 is 6.29 Å². The summed E-state index contributed by atoms with van der Waals surface area (Å²) in [5.41, 5.74) is -0.00486. The Bertz CT molecular complexity index is 155. The van der Waals surface area contributed by atoms with Crippen LogP contribution in [0.4, 0.5) is 0 Å². The van der Waals surface area contributed by atoms with E-state index < -0.39 is 0 Å². The lowest BCUT2D eigenvalue weighted by atomic mass is 9.96. The Morgan fingerprint density at radius 3 is 2.62 bits per heavy atom. The van der Waals surface area contributed by atoms with Gasteiger partial charge in [0, 0.05) is 6.42 Å². The van der Waals surface area contributed by atoms with Gasteiger partial charge in [-0.05, 0) is 19.3 Å². The average Bonchev–Trinajstić information content (AvgIpc) is 2.61. The summed E-state index contributed by atoms with van der Waals surface area (Å²) in [5.74, 6) is 0. The summed E-state index contributed by atoms with van der Waals surface area (Å²) in [6.45, 7) is 4.25. The highest BCUT2D eigenvalue weighted by Gasteiger charge is 2.33. The van der Waals surface area contributed by atoms with E-state index in [0.29, 0.717) is 13.0 Å². The van der Waals surface area contributed by atoms with E-state index in [0.717, 1.165) is 25.5 Å². The van der Waals surface area contributed by atoms with E-state index in [1.54, 1.807) is 6.08 Å². The lowest BCUT2D eigenvalue weighted by Crippen LogP contribution is -2.29. The standard InChI is InChI=1S/C11H18O2/c1-2-10-13-11(8-5-9-12)6-3-4-7-11/h2,9H,1,3-8,10H2. The topological polar surface area (TPSA) is 26.3 Å². The molecule has 0 aromatic rings. The second-order valence-corrected chi connectivity index (χ2v) is 3.70. The third-order valence-corrected chi connectivity index (χ3v) is 2.74. The maximum atomic E-state index is 10.3. The van der Waals surface area contributed by atoms with E-state index in [-0.39, 0.29) is 5.60 Å². The van der Waals surface area contributed by atoms with Gasteiger partial charge in [0.05, 0.1) is 12.2 Å². The van der Waals surface area contributed by atoms with Crippen LogP contribution in [0, 0.1) is 0 Å². The van der Waals surface area contributed by atoms with Crippen molar-refractivity contribution in [2.24, 2.45) is 0 Å². The minimum atomic E-state index is -0.00486. The van der Waals surface area contributed by atoms with Crippen LogP contribution in [0.25, 0.3) is 0 Å². The SMILES string of the molecule is C=CCOC1(CCC=O)CCCC1. The zero-order valence-corrected chi connectivity index (χ0v) is 8.13. The number of rotatable bonds is 6. The summed E-state index contributed by atoms with van der Waals surface area (Å²) in [4.78, 5) is 10.3. The first-order valence-electron chi connectivity index (χ1n) is 5.01. The van der Waals surface area contributed by atoms with E-state index in [2.05, 4.69) is 6.58 Å². The highest BCUT2D eigenvalue weighted by atomic mass is 16.5. The fraction of sp³-hybridized carbons (Fsp3) is 0.727. The Hall–Kier alpha value is -0.630. The summed E-state index contributed by atoms with van der Waals surface area (Å²) in [7, 11) is 0. The van der Waals surface area contributed by atoms with Crippen LogP contribution in [-0.4, -0.2) is 18.5 Å². The third-order valence-electron chi connectivity index (χ3n) is 2.74. The molecule has 1 aliphatic carbocycles. The molecule has 0 aromatic carbocycles. The first-order chi connectivity index (χ1) is 6.33. The van der Waals surface area contributed by atoms with Crippen molar-refractivity contribution in [1.29, 1.82) is 0 Å². The molecular formula is C11H18O2.